The van der Waals surface area contributed by atoms with Crippen LogP contribution in [0, 0.1) is 0 Å². The largest absolute Gasteiger partial charge is 0.486 e. The Morgan fingerprint density at radius 2 is 2.19 bits per heavy atom. The topological polar surface area (TPSA) is 91.0 Å². The Labute approximate surface area is 120 Å². The fourth-order valence-electron chi connectivity index (χ4n) is 2.20. The zero-order valence-corrected chi connectivity index (χ0v) is 11.3. The van der Waals surface area contributed by atoms with Gasteiger partial charge >= 0.3 is 5.97 Å². The first-order valence-corrected chi connectivity index (χ1v) is 6.31. The lowest BCUT2D eigenvalue weighted by molar-refractivity contribution is 0.0686. The molecular formula is C14H13NO6. The maximum absolute atomic E-state index is 10.9. The van der Waals surface area contributed by atoms with E-state index >= 15 is 0 Å². The molecule has 2 heterocycles. The summed E-state index contributed by atoms with van der Waals surface area (Å²) in [7, 11) is 1.57. The van der Waals surface area contributed by atoms with E-state index in [0.717, 1.165) is 5.56 Å². The normalized spacial score (nSPS) is 13.2. The van der Waals surface area contributed by atoms with Crippen molar-refractivity contribution in [3.63, 3.8) is 0 Å². The van der Waals surface area contributed by atoms with Crippen molar-refractivity contribution in [3.8, 4) is 22.8 Å². The SMILES string of the molecule is COCc1ccc2c(c1-c1cc(C(=O)O)no1)OCCO2. The van der Waals surface area contributed by atoms with Crippen LogP contribution in [-0.4, -0.2) is 36.6 Å². The highest BCUT2D eigenvalue weighted by molar-refractivity contribution is 5.87. The molecular weight excluding hydrogens is 278 g/mol. The summed E-state index contributed by atoms with van der Waals surface area (Å²) < 4.78 is 21.5. The number of carboxylic acid groups (broad SMARTS) is 1. The zero-order chi connectivity index (χ0) is 14.8. The predicted molar refractivity (Wildman–Crippen MR) is 70.6 cm³/mol. The molecule has 7 nitrogen and oxygen atoms in total. The van der Waals surface area contributed by atoms with Gasteiger partial charge in [-0.1, -0.05) is 11.2 Å². The number of carboxylic acids is 1. The molecule has 0 atom stereocenters. The molecule has 0 saturated carbocycles. The summed E-state index contributed by atoms with van der Waals surface area (Å²) in [5.41, 5.74) is 1.24. The molecule has 1 aliphatic rings. The van der Waals surface area contributed by atoms with Gasteiger partial charge in [0, 0.05) is 13.2 Å². The lowest BCUT2D eigenvalue weighted by atomic mass is 10.0. The first-order chi connectivity index (χ1) is 10.2. The van der Waals surface area contributed by atoms with Crippen LogP contribution in [0.4, 0.5) is 0 Å². The molecule has 0 unspecified atom stereocenters. The maximum Gasteiger partial charge on any atom is 0.358 e. The van der Waals surface area contributed by atoms with Gasteiger partial charge in [0.25, 0.3) is 0 Å². The summed E-state index contributed by atoms with van der Waals surface area (Å²) >= 11 is 0. The smallest absolute Gasteiger partial charge is 0.358 e. The molecule has 0 bridgehead atoms. The number of hydrogen-bond acceptors (Lipinski definition) is 6. The van der Waals surface area contributed by atoms with Gasteiger partial charge in [-0.15, -0.1) is 0 Å². The molecule has 0 radical (unpaired) electrons. The fourth-order valence-corrected chi connectivity index (χ4v) is 2.20. The van der Waals surface area contributed by atoms with E-state index in [1.807, 2.05) is 6.07 Å². The first kappa shape index (κ1) is 13.4. The van der Waals surface area contributed by atoms with Gasteiger partial charge in [-0.25, -0.2) is 4.79 Å². The number of methoxy groups -OCH3 is 1. The van der Waals surface area contributed by atoms with Crippen molar-refractivity contribution in [2.24, 2.45) is 0 Å². The standard InChI is InChI=1S/C14H13NO6/c1-18-7-8-2-3-10-13(20-5-4-19-10)12(8)11-6-9(14(16)17)15-21-11/h2-3,6H,4-5,7H2,1H3,(H,16,17). The van der Waals surface area contributed by atoms with Gasteiger partial charge in [-0.2, -0.15) is 0 Å². The summed E-state index contributed by atoms with van der Waals surface area (Å²) in [6.45, 7) is 1.21. The van der Waals surface area contributed by atoms with E-state index < -0.39 is 5.97 Å². The van der Waals surface area contributed by atoms with E-state index in [1.54, 1.807) is 13.2 Å². The molecule has 0 fully saturated rings. The minimum absolute atomic E-state index is 0.164. The zero-order valence-electron chi connectivity index (χ0n) is 11.3. The molecule has 1 aromatic heterocycles. The van der Waals surface area contributed by atoms with Crippen molar-refractivity contribution in [1.82, 2.24) is 5.16 Å². The number of benzene rings is 1. The van der Waals surface area contributed by atoms with E-state index in [-0.39, 0.29) is 5.69 Å². The second-order valence-electron chi connectivity index (χ2n) is 4.44. The number of hydrogen-bond donors (Lipinski definition) is 1. The van der Waals surface area contributed by atoms with Crippen molar-refractivity contribution in [1.29, 1.82) is 0 Å². The molecule has 110 valence electrons. The second kappa shape index (κ2) is 5.45. The number of aromatic nitrogens is 1. The Morgan fingerprint density at radius 3 is 2.90 bits per heavy atom. The molecule has 0 amide bonds. The summed E-state index contributed by atoms with van der Waals surface area (Å²) in [6.07, 6.45) is 0. The molecule has 1 aliphatic heterocycles. The predicted octanol–water partition coefficient (Wildman–Crippen LogP) is 1.96. The quantitative estimate of drug-likeness (QED) is 0.920. The van der Waals surface area contributed by atoms with Crippen LogP contribution in [0.2, 0.25) is 0 Å². The van der Waals surface area contributed by atoms with Gasteiger partial charge in [-0.3, -0.25) is 0 Å². The third kappa shape index (κ3) is 2.43. The van der Waals surface area contributed by atoms with E-state index in [2.05, 4.69) is 5.16 Å². The van der Waals surface area contributed by atoms with Crippen LogP contribution >= 0.6 is 0 Å². The number of nitrogens with zero attached hydrogens (tertiary/aromatic N) is 1. The minimum atomic E-state index is -1.15. The highest BCUT2D eigenvalue weighted by Crippen LogP contribution is 2.42. The Kier molecular flexibility index (Phi) is 3.49. The third-order valence-electron chi connectivity index (χ3n) is 3.07. The number of aromatic carboxylic acids is 1. The van der Waals surface area contributed by atoms with Crippen LogP contribution < -0.4 is 9.47 Å². The third-order valence-corrected chi connectivity index (χ3v) is 3.07. The molecule has 1 N–H and O–H groups in total. The average Bonchev–Trinajstić information content (AvgIpc) is 2.97. The number of carbonyl (C=O) groups is 1. The summed E-state index contributed by atoms with van der Waals surface area (Å²) in [4.78, 5) is 10.9. The Morgan fingerprint density at radius 1 is 1.38 bits per heavy atom. The Bertz CT molecular complexity index is 678. The lowest BCUT2D eigenvalue weighted by Gasteiger charge is -2.22. The van der Waals surface area contributed by atoms with Gasteiger partial charge in [0.1, 0.15) is 13.2 Å². The highest BCUT2D eigenvalue weighted by atomic mass is 16.6. The monoisotopic (exact) mass is 291 g/mol. The lowest BCUT2D eigenvalue weighted by Crippen LogP contribution is -2.16. The van der Waals surface area contributed by atoms with Crippen LogP contribution in [0.5, 0.6) is 11.5 Å². The van der Waals surface area contributed by atoms with E-state index in [1.165, 1.54) is 6.07 Å². The van der Waals surface area contributed by atoms with Crippen molar-refractivity contribution >= 4 is 5.97 Å². The number of fused-ring (bicyclic) bond motifs is 1. The van der Waals surface area contributed by atoms with Crippen LogP contribution in [0.15, 0.2) is 22.7 Å². The van der Waals surface area contributed by atoms with Crippen LogP contribution in [-0.2, 0) is 11.3 Å². The van der Waals surface area contributed by atoms with Gasteiger partial charge < -0.3 is 23.8 Å². The van der Waals surface area contributed by atoms with Crippen molar-refractivity contribution in [2.45, 2.75) is 6.61 Å². The van der Waals surface area contributed by atoms with Crippen molar-refractivity contribution in [3.05, 3.63) is 29.5 Å². The minimum Gasteiger partial charge on any atom is -0.486 e. The molecule has 7 heteroatoms. The van der Waals surface area contributed by atoms with Gasteiger partial charge in [0.05, 0.1) is 12.2 Å². The summed E-state index contributed by atoms with van der Waals surface area (Å²) in [5.74, 6) is 0.260. The second-order valence-corrected chi connectivity index (χ2v) is 4.44. The van der Waals surface area contributed by atoms with Crippen LogP contribution in [0.3, 0.4) is 0 Å². The van der Waals surface area contributed by atoms with Gasteiger partial charge in [0.2, 0.25) is 0 Å². The van der Waals surface area contributed by atoms with Gasteiger partial charge in [-0.05, 0) is 11.6 Å². The van der Waals surface area contributed by atoms with Crippen molar-refractivity contribution in [2.75, 3.05) is 20.3 Å². The molecule has 0 aliphatic carbocycles. The Hall–Kier alpha value is -2.54. The molecule has 0 saturated heterocycles. The van der Waals surface area contributed by atoms with E-state index in [4.69, 9.17) is 23.8 Å². The first-order valence-electron chi connectivity index (χ1n) is 6.31. The molecule has 2 aromatic rings. The average molecular weight is 291 g/mol. The molecule has 1 aromatic carbocycles. The summed E-state index contributed by atoms with van der Waals surface area (Å²) in [6, 6.07) is 4.98. The fraction of sp³-hybridized carbons (Fsp3) is 0.286. The Balaban J connectivity index is 2.14. The summed E-state index contributed by atoms with van der Waals surface area (Å²) in [5, 5.41) is 12.5. The van der Waals surface area contributed by atoms with E-state index in [0.29, 0.717) is 42.6 Å². The number of rotatable bonds is 4. The molecule has 0 spiro atoms. The van der Waals surface area contributed by atoms with Gasteiger partial charge in [0.15, 0.2) is 23.0 Å². The molecule has 3 rings (SSSR count). The van der Waals surface area contributed by atoms with E-state index in [9.17, 15) is 4.79 Å². The number of ether oxygens (including phenoxy) is 3. The maximum atomic E-state index is 10.9. The molecule has 21 heavy (non-hydrogen) atoms. The van der Waals surface area contributed by atoms with Crippen LogP contribution in [0.1, 0.15) is 16.1 Å². The van der Waals surface area contributed by atoms with Crippen molar-refractivity contribution < 1.29 is 28.6 Å². The van der Waals surface area contributed by atoms with Crippen LogP contribution in [0.25, 0.3) is 11.3 Å². The highest BCUT2D eigenvalue weighted by Gasteiger charge is 2.24.